The molecule has 34 heavy (non-hydrogen) atoms. The molecule has 1 amide bonds. The van der Waals surface area contributed by atoms with Crippen LogP contribution in [0.3, 0.4) is 0 Å². The molecule has 0 radical (unpaired) electrons. The van der Waals surface area contributed by atoms with E-state index in [4.69, 9.17) is 10.7 Å². The summed E-state index contributed by atoms with van der Waals surface area (Å²) in [7, 11) is 0. The number of fused-ring (bicyclic) bond motifs is 1. The average Bonchev–Trinajstić information content (AvgIpc) is 3.52. The minimum Gasteiger partial charge on any atom is -0.382 e. The van der Waals surface area contributed by atoms with Gasteiger partial charge in [0.1, 0.15) is 22.9 Å². The van der Waals surface area contributed by atoms with Crippen molar-refractivity contribution in [2.75, 3.05) is 12.3 Å². The molecule has 4 N–H and O–H groups in total. The molecule has 1 fully saturated rings. The summed E-state index contributed by atoms with van der Waals surface area (Å²) in [4.78, 5) is 26.3. The zero-order valence-electron chi connectivity index (χ0n) is 19.3. The highest BCUT2D eigenvalue weighted by molar-refractivity contribution is 5.95. The number of nitrogens with zero attached hydrogens (tertiary/aromatic N) is 4. The number of rotatable bonds is 7. The van der Waals surface area contributed by atoms with Crippen LogP contribution in [-0.2, 0) is 13.0 Å². The second-order valence-corrected chi connectivity index (χ2v) is 8.66. The summed E-state index contributed by atoms with van der Waals surface area (Å²) in [5.74, 6) is 1.24. The molecule has 8 nitrogen and oxygen atoms in total. The number of benzene rings is 1. The standard InChI is InChI=1S/C26H29N7O/c1-2-4-17-10-12-28-20(15-17)16-31-26(34)19-8-6-18(7-9-19)22-23-24(27)30-13-14-33(23)25(32-22)21-5-3-11-29-21/h6-10,12-15,21,29H,2-5,11,16H2,1H3,(H2,27,30)(H,31,34)/t21-/m0/s1. The molecule has 0 aliphatic carbocycles. The third kappa shape index (κ3) is 4.36. The molecule has 1 atom stereocenters. The molecule has 4 heterocycles. The fraction of sp³-hybridized carbons (Fsp3) is 0.308. The Bertz CT molecular complexity index is 1310. The Morgan fingerprint density at radius 2 is 2.06 bits per heavy atom. The topological polar surface area (TPSA) is 110 Å². The first-order valence-electron chi connectivity index (χ1n) is 11.8. The quantitative estimate of drug-likeness (QED) is 0.392. The van der Waals surface area contributed by atoms with E-state index in [0.29, 0.717) is 17.9 Å². The van der Waals surface area contributed by atoms with E-state index >= 15 is 0 Å². The van der Waals surface area contributed by atoms with Crippen molar-refractivity contribution in [2.45, 2.75) is 45.2 Å². The highest BCUT2D eigenvalue weighted by atomic mass is 16.1. The molecule has 4 aromatic rings. The van der Waals surface area contributed by atoms with Gasteiger partial charge in [0, 0.05) is 29.7 Å². The van der Waals surface area contributed by atoms with Crippen LogP contribution < -0.4 is 16.4 Å². The zero-order chi connectivity index (χ0) is 23.5. The summed E-state index contributed by atoms with van der Waals surface area (Å²) < 4.78 is 2.03. The fourth-order valence-electron chi connectivity index (χ4n) is 4.56. The van der Waals surface area contributed by atoms with Crippen LogP contribution in [0.2, 0.25) is 0 Å². The smallest absolute Gasteiger partial charge is 0.251 e. The van der Waals surface area contributed by atoms with Gasteiger partial charge < -0.3 is 16.4 Å². The van der Waals surface area contributed by atoms with Crippen molar-refractivity contribution >= 4 is 17.2 Å². The first-order valence-corrected chi connectivity index (χ1v) is 11.8. The maximum absolute atomic E-state index is 12.7. The molecule has 0 unspecified atom stereocenters. The summed E-state index contributed by atoms with van der Waals surface area (Å²) in [5.41, 5.74) is 11.4. The number of amides is 1. The van der Waals surface area contributed by atoms with Crippen LogP contribution in [0.1, 0.15) is 59.7 Å². The van der Waals surface area contributed by atoms with E-state index in [0.717, 1.165) is 60.5 Å². The first kappa shape index (κ1) is 22.0. The van der Waals surface area contributed by atoms with Crippen LogP contribution >= 0.6 is 0 Å². The van der Waals surface area contributed by atoms with Crippen molar-refractivity contribution in [3.63, 3.8) is 0 Å². The van der Waals surface area contributed by atoms with Crippen molar-refractivity contribution in [2.24, 2.45) is 0 Å². The lowest BCUT2D eigenvalue weighted by atomic mass is 10.1. The van der Waals surface area contributed by atoms with Crippen molar-refractivity contribution in [1.82, 2.24) is 30.0 Å². The summed E-state index contributed by atoms with van der Waals surface area (Å²) in [6.07, 6.45) is 9.65. The van der Waals surface area contributed by atoms with Crippen LogP contribution in [0.5, 0.6) is 0 Å². The number of nitrogens with one attached hydrogen (secondary N) is 2. The fourth-order valence-corrected chi connectivity index (χ4v) is 4.56. The van der Waals surface area contributed by atoms with Crippen LogP contribution in [0.4, 0.5) is 5.82 Å². The van der Waals surface area contributed by atoms with Crippen LogP contribution in [0.15, 0.2) is 55.0 Å². The monoisotopic (exact) mass is 455 g/mol. The molecule has 3 aromatic heterocycles. The van der Waals surface area contributed by atoms with E-state index < -0.39 is 0 Å². The number of anilines is 1. The number of aromatic nitrogens is 4. The average molecular weight is 456 g/mol. The Kier molecular flexibility index (Phi) is 6.22. The molecule has 0 spiro atoms. The predicted octanol–water partition coefficient (Wildman–Crippen LogP) is 3.68. The van der Waals surface area contributed by atoms with E-state index in [1.807, 2.05) is 47.0 Å². The van der Waals surface area contributed by atoms with Gasteiger partial charge in [0.15, 0.2) is 0 Å². The lowest BCUT2D eigenvalue weighted by Gasteiger charge is -2.08. The van der Waals surface area contributed by atoms with Crippen LogP contribution in [0, 0.1) is 0 Å². The number of aryl methyl sites for hydroxylation is 1. The van der Waals surface area contributed by atoms with E-state index in [1.165, 1.54) is 5.56 Å². The molecule has 0 saturated carbocycles. The Morgan fingerprint density at radius 3 is 2.82 bits per heavy atom. The number of nitrogen functional groups attached to an aromatic ring is 1. The second kappa shape index (κ2) is 9.61. The molecule has 1 aliphatic rings. The van der Waals surface area contributed by atoms with Gasteiger partial charge in [0.05, 0.1) is 18.3 Å². The van der Waals surface area contributed by atoms with E-state index in [1.54, 1.807) is 12.4 Å². The number of nitrogens with two attached hydrogens (primary N) is 1. The molecule has 174 valence electrons. The number of pyridine rings is 1. The summed E-state index contributed by atoms with van der Waals surface area (Å²) >= 11 is 0. The Morgan fingerprint density at radius 1 is 1.21 bits per heavy atom. The Balaban J connectivity index is 1.36. The Hall–Kier alpha value is -3.78. The Labute approximate surface area is 198 Å². The lowest BCUT2D eigenvalue weighted by Crippen LogP contribution is -2.23. The maximum atomic E-state index is 12.7. The number of hydrogen-bond donors (Lipinski definition) is 3. The van der Waals surface area contributed by atoms with E-state index in [2.05, 4.69) is 27.5 Å². The highest BCUT2D eigenvalue weighted by Crippen LogP contribution is 2.32. The second-order valence-electron chi connectivity index (χ2n) is 8.66. The molecule has 8 heteroatoms. The van der Waals surface area contributed by atoms with E-state index in [-0.39, 0.29) is 11.9 Å². The van der Waals surface area contributed by atoms with Gasteiger partial charge in [-0.1, -0.05) is 25.5 Å². The maximum Gasteiger partial charge on any atom is 0.251 e. The third-order valence-electron chi connectivity index (χ3n) is 6.25. The summed E-state index contributed by atoms with van der Waals surface area (Å²) in [6, 6.07) is 11.7. The molecule has 1 saturated heterocycles. The van der Waals surface area contributed by atoms with Gasteiger partial charge in [-0.2, -0.15) is 0 Å². The first-order chi connectivity index (χ1) is 16.6. The molecule has 1 aromatic carbocycles. The van der Waals surface area contributed by atoms with Crippen molar-refractivity contribution in [3.05, 3.63) is 77.6 Å². The lowest BCUT2D eigenvalue weighted by molar-refractivity contribution is 0.0950. The summed E-state index contributed by atoms with van der Waals surface area (Å²) in [6.45, 7) is 3.52. The number of hydrogen-bond acceptors (Lipinski definition) is 6. The van der Waals surface area contributed by atoms with Crippen molar-refractivity contribution < 1.29 is 4.79 Å². The van der Waals surface area contributed by atoms with Crippen LogP contribution in [-0.4, -0.2) is 31.8 Å². The van der Waals surface area contributed by atoms with Gasteiger partial charge in [0.2, 0.25) is 0 Å². The van der Waals surface area contributed by atoms with Gasteiger partial charge in [-0.15, -0.1) is 0 Å². The van der Waals surface area contributed by atoms with Crippen molar-refractivity contribution in [3.8, 4) is 11.3 Å². The molecule has 5 rings (SSSR count). The number of imidazole rings is 1. The van der Waals surface area contributed by atoms with Crippen molar-refractivity contribution in [1.29, 1.82) is 0 Å². The minimum atomic E-state index is -0.138. The molecular weight excluding hydrogens is 426 g/mol. The molecule has 0 bridgehead atoms. The van der Waals surface area contributed by atoms with Crippen LogP contribution in [0.25, 0.3) is 16.8 Å². The number of carbonyl (C=O) groups excluding carboxylic acids is 1. The predicted molar refractivity (Wildman–Crippen MR) is 132 cm³/mol. The van der Waals surface area contributed by atoms with Gasteiger partial charge in [0.25, 0.3) is 5.91 Å². The largest absolute Gasteiger partial charge is 0.382 e. The van der Waals surface area contributed by atoms with Gasteiger partial charge in [-0.3, -0.25) is 14.2 Å². The van der Waals surface area contributed by atoms with Gasteiger partial charge in [-0.25, -0.2) is 9.97 Å². The zero-order valence-corrected chi connectivity index (χ0v) is 19.3. The number of carbonyl (C=O) groups is 1. The minimum absolute atomic E-state index is 0.138. The van der Waals surface area contributed by atoms with E-state index in [9.17, 15) is 4.79 Å². The summed E-state index contributed by atoms with van der Waals surface area (Å²) in [5, 5.41) is 6.47. The molecule has 1 aliphatic heterocycles. The third-order valence-corrected chi connectivity index (χ3v) is 6.25. The van der Waals surface area contributed by atoms with Gasteiger partial charge in [-0.05, 0) is 55.6 Å². The van der Waals surface area contributed by atoms with Gasteiger partial charge >= 0.3 is 0 Å². The normalized spacial score (nSPS) is 15.6. The highest BCUT2D eigenvalue weighted by Gasteiger charge is 2.24. The molecular formula is C26H29N7O. The SMILES string of the molecule is CCCc1ccnc(CNC(=O)c2ccc(-c3nc([C@@H]4CCCN4)n4ccnc(N)c34)cc2)c1.